The highest BCUT2D eigenvalue weighted by Crippen LogP contribution is 2.14. The van der Waals surface area contributed by atoms with Gasteiger partial charge in [-0.25, -0.2) is 0 Å². The van der Waals surface area contributed by atoms with E-state index in [4.69, 9.17) is 5.26 Å². The fraction of sp³-hybridized carbons (Fsp3) is 0.333. The molecule has 1 rings (SSSR count). The molecule has 100 valence electrons. The van der Waals surface area contributed by atoms with Crippen molar-refractivity contribution in [2.45, 2.75) is 19.9 Å². The molecular weight excluding hydrogens is 238 g/mol. The Hall–Kier alpha value is -2.28. The third-order valence-corrected chi connectivity index (χ3v) is 2.51. The molecule has 4 nitrogen and oxygen atoms in total. The third-order valence-electron chi connectivity index (χ3n) is 2.51. The Morgan fingerprint density at radius 2 is 1.89 bits per heavy atom. The predicted molar refractivity (Wildman–Crippen MR) is 77.6 cm³/mol. The van der Waals surface area contributed by atoms with Gasteiger partial charge in [-0.1, -0.05) is 12.1 Å². The van der Waals surface area contributed by atoms with Crippen LogP contribution in [0.3, 0.4) is 0 Å². The molecule has 0 atom stereocenters. The Morgan fingerprint density at radius 3 is 2.32 bits per heavy atom. The van der Waals surface area contributed by atoms with Gasteiger partial charge in [-0.15, -0.1) is 0 Å². The van der Waals surface area contributed by atoms with Crippen molar-refractivity contribution in [3.63, 3.8) is 0 Å². The number of amides is 1. The lowest BCUT2D eigenvalue weighted by molar-refractivity contribution is -0.117. The lowest BCUT2D eigenvalue weighted by Crippen LogP contribution is -2.30. The molecule has 0 heterocycles. The van der Waals surface area contributed by atoms with Gasteiger partial charge in [-0.2, -0.15) is 5.26 Å². The molecule has 0 radical (unpaired) electrons. The van der Waals surface area contributed by atoms with E-state index in [1.165, 1.54) is 0 Å². The molecule has 1 amide bonds. The van der Waals surface area contributed by atoms with E-state index in [2.05, 4.69) is 5.32 Å². The molecule has 0 spiro atoms. The molecule has 1 N–H and O–H groups in total. The third kappa shape index (κ3) is 4.47. The summed E-state index contributed by atoms with van der Waals surface area (Å²) >= 11 is 0. The number of rotatable bonds is 4. The second-order valence-electron chi connectivity index (χ2n) is 4.78. The van der Waals surface area contributed by atoms with Crippen LogP contribution in [-0.2, 0) is 4.79 Å². The van der Waals surface area contributed by atoms with Crippen LogP contribution in [-0.4, -0.2) is 26.0 Å². The van der Waals surface area contributed by atoms with Crippen LogP contribution in [0.2, 0.25) is 0 Å². The first kappa shape index (κ1) is 14.8. The molecule has 0 aliphatic heterocycles. The van der Waals surface area contributed by atoms with Gasteiger partial charge in [0.05, 0.1) is 0 Å². The average molecular weight is 257 g/mol. The van der Waals surface area contributed by atoms with Crippen LogP contribution in [0.4, 0.5) is 5.69 Å². The van der Waals surface area contributed by atoms with E-state index >= 15 is 0 Å². The highest BCUT2D eigenvalue weighted by molar-refractivity contribution is 6.01. The average Bonchev–Trinajstić information content (AvgIpc) is 2.35. The van der Waals surface area contributed by atoms with Gasteiger partial charge < -0.3 is 10.2 Å². The molecule has 0 bridgehead atoms. The highest BCUT2D eigenvalue weighted by atomic mass is 16.1. The van der Waals surface area contributed by atoms with Gasteiger partial charge in [0.15, 0.2) is 0 Å². The van der Waals surface area contributed by atoms with Gasteiger partial charge in [0.2, 0.25) is 0 Å². The SMILES string of the molecule is CC(C)NC(=O)/C(C#N)=C\c1ccc(N(C)C)cc1. The number of nitriles is 1. The summed E-state index contributed by atoms with van der Waals surface area (Å²) in [6, 6.07) is 9.61. The van der Waals surface area contributed by atoms with Crippen LogP contribution < -0.4 is 10.2 Å². The van der Waals surface area contributed by atoms with Crippen molar-refractivity contribution in [1.82, 2.24) is 5.32 Å². The minimum atomic E-state index is -0.339. The fourth-order valence-corrected chi connectivity index (χ4v) is 1.52. The quantitative estimate of drug-likeness (QED) is 0.664. The lowest BCUT2D eigenvalue weighted by atomic mass is 10.1. The second-order valence-corrected chi connectivity index (χ2v) is 4.78. The minimum Gasteiger partial charge on any atom is -0.378 e. The number of anilines is 1. The molecule has 0 saturated carbocycles. The van der Waals surface area contributed by atoms with Crippen molar-refractivity contribution >= 4 is 17.7 Å². The van der Waals surface area contributed by atoms with Crippen molar-refractivity contribution in [2.24, 2.45) is 0 Å². The summed E-state index contributed by atoms with van der Waals surface area (Å²) in [5.74, 6) is -0.339. The van der Waals surface area contributed by atoms with Gasteiger partial charge in [-0.05, 0) is 37.6 Å². The highest BCUT2D eigenvalue weighted by Gasteiger charge is 2.09. The first-order valence-corrected chi connectivity index (χ1v) is 6.14. The Labute approximate surface area is 114 Å². The molecule has 0 aliphatic carbocycles. The number of nitrogens with one attached hydrogen (secondary N) is 1. The van der Waals surface area contributed by atoms with E-state index in [-0.39, 0.29) is 17.5 Å². The zero-order valence-electron chi connectivity index (χ0n) is 11.8. The molecule has 0 aliphatic rings. The number of nitrogens with zero attached hydrogens (tertiary/aromatic N) is 2. The standard InChI is InChI=1S/C15H19N3O/c1-11(2)17-15(19)13(10-16)9-12-5-7-14(8-6-12)18(3)4/h5-9,11H,1-4H3,(H,17,19)/b13-9-. The summed E-state index contributed by atoms with van der Waals surface area (Å²) in [5.41, 5.74) is 2.02. The fourth-order valence-electron chi connectivity index (χ4n) is 1.52. The molecule has 1 aromatic carbocycles. The number of hydrogen-bond donors (Lipinski definition) is 1. The lowest BCUT2D eigenvalue weighted by Gasteiger charge is -2.12. The van der Waals surface area contributed by atoms with E-state index in [1.54, 1.807) is 6.08 Å². The van der Waals surface area contributed by atoms with Gasteiger partial charge in [0, 0.05) is 25.8 Å². The Kier molecular flexibility index (Phi) is 5.13. The molecule has 1 aromatic rings. The summed E-state index contributed by atoms with van der Waals surface area (Å²) in [7, 11) is 3.92. The van der Waals surface area contributed by atoms with E-state index in [0.717, 1.165) is 11.3 Å². The molecule has 0 aromatic heterocycles. The van der Waals surface area contributed by atoms with Gasteiger partial charge in [0.1, 0.15) is 11.6 Å². The topological polar surface area (TPSA) is 56.1 Å². The zero-order valence-corrected chi connectivity index (χ0v) is 11.8. The largest absolute Gasteiger partial charge is 0.378 e. The summed E-state index contributed by atoms with van der Waals surface area (Å²) < 4.78 is 0. The van der Waals surface area contributed by atoms with Crippen LogP contribution in [0, 0.1) is 11.3 Å². The van der Waals surface area contributed by atoms with E-state index < -0.39 is 0 Å². The van der Waals surface area contributed by atoms with Gasteiger partial charge in [0.25, 0.3) is 5.91 Å². The maximum absolute atomic E-state index is 11.8. The summed E-state index contributed by atoms with van der Waals surface area (Å²) in [4.78, 5) is 13.7. The normalized spacial score (nSPS) is 11.1. The van der Waals surface area contributed by atoms with Crippen LogP contribution >= 0.6 is 0 Å². The zero-order chi connectivity index (χ0) is 14.4. The number of carbonyl (C=O) groups excluding carboxylic acids is 1. The maximum atomic E-state index is 11.8. The number of carbonyl (C=O) groups is 1. The first-order valence-electron chi connectivity index (χ1n) is 6.14. The summed E-state index contributed by atoms with van der Waals surface area (Å²) in [6.45, 7) is 3.72. The van der Waals surface area contributed by atoms with Crippen LogP contribution in [0.15, 0.2) is 29.8 Å². The Bertz CT molecular complexity index is 507. The Balaban J connectivity index is 2.92. The van der Waals surface area contributed by atoms with Crippen LogP contribution in [0.5, 0.6) is 0 Å². The van der Waals surface area contributed by atoms with Crippen LogP contribution in [0.1, 0.15) is 19.4 Å². The maximum Gasteiger partial charge on any atom is 0.262 e. The second kappa shape index (κ2) is 6.60. The molecular formula is C15H19N3O. The first-order chi connectivity index (χ1) is 8.93. The molecule has 0 fully saturated rings. The molecule has 0 saturated heterocycles. The monoisotopic (exact) mass is 257 g/mol. The number of benzene rings is 1. The smallest absolute Gasteiger partial charge is 0.262 e. The predicted octanol–water partition coefficient (Wildman–Crippen LogP) is 2.18. The van der Waals surface area contributed by atoms with Crippen molar-refractivity contribution in [1.29, 1.82) is 5.26 Å². The molecule has 19 heavy (non-hydrogen) atoms. The molecule has 4 heteroatoms. The molecule has 0 unspecified atom stereocenters. The van der Waals surface area contributed by atoms with E-state index in [9.17, 15) is 4.79 Å². The van der Waals surface area contributed by atoms with Gasteiger partial charge >= 0.3 is 0 Å². The van der Waals surface area contributed by atoms with Crippen molar-refractivity contribution in [3.05, 3.63) is 35.4 Å². The Morgan fingerprint density at radius 1 is 1.32 bits per heavy atom. The van der Waals surface area contributed by atoms with E-state index in [0.29, 0.717) is 0 Å². The van der Waals surface area contributed by atoms with Crippen molar-refractivity contribution in [3.8, 4) is 6.07 Å². The van der Waals surface area contributed by atoms with Crippen molar-refractivity contribution in [2.75, 3.05) is 19.0 Å². The van der Waals surface area contributed by atoms with Crippen molar-refractivity contribution < 1.29 is 4.79 Å². The van der Waals surface area contributed by atoms with E-state index in [1.807, 2.05) is 63.2 Å². The minimum absolute atomic E-state index is 0.0142. The summed E-state index contributed by atoms with van der Waals surface area (Å²) in [6.07, 6.45) is 1.59. The summed E-state index contributed by atoms with van der Waals surface area (Å²) in [5, 5.41) is 11.7. The number of hydrogen-bond acceptors (Lipinski definition) is 3. The van der Waals surface area contributed by atoms with Crippen LogP contribution in [0.25, 0.3) is 6.08 Å². The van der Waals surface area contributed by atoms with Gasteiger partial charge in [-0.3, -0.25) is 4.79 Å².